The molecule has 0 aliphatic carbocycles. The minimum atomic E-state index is -4.55. The van der Waals surface area contributed by atoms with Gasteiger partial charge in [-0.2, -0.15) is 0 Å². The summed E-state index contributed by atoms with van der Waals surface area (Å²) in [6, 6.07) is 0. The molecule has 0 saturated carbocycles. The van der Waals surface area contributed by atoms with E-state index in [1.165, 1.54) is 12.8 Å². The first kappa shape index (κ1) is 59.9. The second-order valence-corrected chi connectivity index (χ2v) is 23.0. The molecule has 0 aromatic carbocycles. The molecule has 0 heterocycles. The van der Waals surface area contributed by atoms with E-state index in [1.54, 1.807) is 0 Å². The van der Waals surface area contributed by atoms with Crippen molar-refractivity contribution in [2.45, 2.75) is 25.7 Å². The average Bonchev–Trinajstić information content (AvgIpc) is 2.55. The molecule has 20 N–H and O–H groups in total. The molecule has 0 bridgehead atoms. The summed E-state index contributed by atoms with van der Waals surface area (Å²) >= 11 is 0. The maximum absolute atomic E-state index is 9.85. The van der Waals surface area contributed by atoms with Gasteiger partial charge >= 0.3 is 112 Å². The van der Waals surface area contributed by atoms with Gasteiger partial charge in [0.15, 0.2) is 23.6 Å². The molecule has 0 atom stereocenters. The Balaban J connectivity index is -0.000000105. The van der Waals surface area contributed by atoms with Crippen LogP contribution in [-0.4, -0.2) is 166 Å². The zero-order valence-electron chi connectivity index (χ0n) is 22.2. The molecule has 0 spiro atoms. The van der Waals surface area contributed by atoms with Gasteiger partial charge in [-0.3, -0.25) is 36.5 Å². The normalized spacial score (nSPS) is 12.8. The van der Waals surface area contributed by atoms with E-state index in [0.717, 1.165) is 25.9 Å². The van der Waals surface area contributed by atoms with Crippen molar-refractivity contribution >= 4 is 112 Å². The van der Waals surface area contributed by atoms with Crippen LogP contribution in [0, 0.1) is 0 Å². The second-order valence-electron chi connectivity index (χ2n) is 7.87. The molecule has 276 valence electrons. The van der Waals surface area contributed by atoms with Crippen LogP contribution in [0.2, 0.25) is 0 Å². The van der Waals surface area contributed by atoms with Crippen LogP contribution in [0.5, 0.6) is 0 Å². The Kier molecular flexibility index (Phi) is 35.3. The standard InChI is InChI=1S/C6H16N2.4CH6O6P2.K.H/c7-5-3-1-2-4-6-8;4*2-8(3,4)1-9(5,6)7;;/h1-8H2;4*1H2,(H2,2,3,4)(H2,5,6,7);;. The van der Waals surface area contributed by atoms with Crippen LogP contribution in [0.3, 0.4) is 0 Å². The fourth-order valence-electron chi connectivity index (χ4n) is 1.60. The number of hydrogen-bond donors (Lipinski definition) is 18. The number of rotatable bonds is 13. The first-order valence-electron chi connectivity index (χ1n) is 10.5. The van der Waals surface area contributed by atoms with E-state index in [0.29, 0.717) is 0 Å². The van der Waals surface area contributed by atoms with Gasteiger partial charge in [0.1, 0.15) is 0 Å². The molecule has 0 aromatic heterocycles. The average molecular weight is 860 g/mol. The zero-order chi connectivity index (χ0) is 37.1. The molecule has 0 aliphatic heterocycles. The molecule has 0 aromatic rings. The van der Waals surface area contributed by atoms with Gasteiger partial charge in [0.2, 0.25) is 0 Å². The Morgan fingerprint density at radius 2 is 0.400 bits per heavy atom. The quantitative estimate of drug-likeness (QED) is 0.0499. The summed E-state index contributed by atoms with van der Waals surface area (Å²) in [6.45, 7) is 1.65. The molecule has 26 nitrogen and oxygen atoms in total. The summed E-state index contributed by atoms with van der Waals surface area (Å²) in [7, 11) is -36.4. The fraction of sp³-hybridized carbons (Fsp3) is 1.00. The van der Waals surface area contributed by atoms with Crippen molar-refractivity contribution < 1.29 is 115 Å². The fourth-order valence-corrected chi connectivity index (χ4v) is 9.28. The van der Waals surface area contributed by atoms with Crippen molar-refractivity contribution in [3.63, 3.8) is 0 Å². The van der Waals surface area contributed by atoms with Crippen LogP contribution in [0.15, 0.2) is 0 Å². The third-order valence-corrected chi connectivity index (χ3v) is 14.4. The van der Waals surface area contributed by atoms with Gasteiger partial charge in [-0.05, 0) is 25.9 Å². The van der Waals surface area contributed by atoms with Gasteiger partial charge in [0, 0.05) is 0 Å². The van der Waals surface area contributed by atoms with Crippen molar-refractivity contribution in [1.82, 2.24) is 0 Å². The molecule has 0 unspecified atom stereocenters. The van der Waals surface area contributed by atoms with E-state index >= 15 is 0 Å². The predicted molar refractivity (Wildman–Crippen MR) is 160 cm³/mol. The molecule has 0 rings (SSSR count). The second kappa shape index (κ2) is 26.5. The van der Waals surface area contributed by atoms with Crippen LogP contribution < -0.4 is 11.5 Å². The SMILES string of the molecule is NCCCCCCN.O=P(O)(O)CP(=O)(O)O.O=P(O)(O)CP(=O)(O)O.O=P(O)(O)CP(=O)(O)O.O=P(O)(O)CP(=O)(O)O.[KH]. The van der Waals surface area contributed by atoms with E-state index < -0.39 is 84.4 Å². The van der Waals surface area contributed by atoms with E-state index in [-0.39, 0.29) is 51.4 Å². The first-order chi connectivity index (χ1) is 18.7. The summed E-state index contributed by atoms with van der Waals surface area (Å²) in [5.74, 6) is -5.50. The molecular weight excluding hydrogens is 819 g/mol. The molecular formula is C10H41KN2O24P8. The summed E-state index contributed by atoms with van der Waals surface area (Å²) in [4.78, 5) is 128. The number of hydrogen-bond acceptors (Lipinski definition) is 10. The first-order valence-corrected chi connectivity index (χ1v) is 24.9. The van der Waals surface area contributed by atoms with Gasteiger partial charge in [0.25, 0.3) is 0 Å². The van der Waals surface area contributed by atoms with Crippen molar-refractivity contribution in [2.24, 2.45) is 11.5 Å². The van der Waals surface area contributed by atoms with Gasteiger partial charge < -0.3 is 89.8 Å². The van der Waals surface area contributed by atoms with Crippen molar-refractivity contribution in [2.75, 3.05) is 36.7 Å². The summed E-state index contributed by atoms with van der Waals surface area (Å²) in [5.41, 5.74) is 10.6. The minimum absolute atomic E-state index is 0. The molecule has 0 radical (unpaired) electrons. The van der Waals surface area contributed by atoms with Crippen LogP contribution in [0.25, 0.3) is 0 Å². The number of unbranched alkanes of at least 4 members (excludes halogenated alkanes) is 3. The van der Waals surface area contributed by atoms with Crippen LogP contribution in [0.4, 0.5) is 0 Å². The predicted octanol–water partition coefficient (Wildman–Crippen LogP) is -2.99. The van der Waals surface area contributed by atoms with E-state index in [9.17, 15) is 36.5 Å². The summed E-state index contributed by atoms with van der Waals surface area (Å²) in [6.07, 6.45) is 4.79. The van der Waals surface area contributed by atoms with Crippen molar-refractivity contribution in [3.8, 4) is 0 Å². The molecule has 0 amide bonds. The van der Waals surface area contributed by atoms with E-state index in [1.807, 2.05) is 0 Å². The summed E-state index contributed by atoms with van der Waals surface area (Å²) < 4.78 is 78.8. The van der Waals surface area contributed by atoms with Gasteiger partial charge in [-0.1, -0.05) is 12.8 Å². The third kappa shape index (κ3) is 92.9. The molecule has 0 aliphatic rings. The molecule has 45 heavy (non-hydrogen) atoms. The summed E-state index contributed by atoms with van der Waals surface area (Å²) in [5, 5.41) is 0. The van der Waals surface area contributed by atoms with Crippen LogP contribution in [-0.2, 0) is 36.5 Å². The van der Waals surface area contributed by atoms with E-state index in [4.69, 9.17) is 89.8 Å². The molecule has 35 heteroatoms. The molecule has 0 saturated heterocycles. The Hall–Kier alpha value is 2.76. The van der Waals surface area contributed by atoms with E-state index in [2.05, 4.69) is 0 Å². The topological polar surface area (TPSA) is 512 Å². The van der Waals surface area contributed by atoms with Crippen LogP contribution >= 0.6 is 60.8 Å². The van der Waals surface area contributed by atoms with Gasteiger partial charge in [-0.25, -0.2) is 0 Å². The monoisotopic (exact) mass is 860 g/mol. The van der Waals surface area contributed by atoms with Crippen molar-refractivity contribution in [1.29, 1.82) is 0 Å². The Bertz CT molecular complexity index is 896. The Morgan fingerprint density at radius 1 is 0.289 bits per heavy atom. The van der Waals surface area contributed by atoms with Gasteiger partial charge in [-0.15, -0.1) is 0 Å². The molecule has 0 fully saturated rings. The van der Waals surface area contributed by atoms with Crippen molar-refractivity contribution in [3.05, 3.63) is 0 Å². The Morgan fingerprint density at radius 3 is 0.444 bits per heavy atom. The zero-order valence-corrected chi connectivity index (χ0v) is 29.4. The maximum atomic E-state index is 9.85. The van der Waals surface area contributed by atoms with Crippen LogP contribution in [0.1, 0.15) is 25.7 Å². The third-order valence-electron chi connectivity index (χ3n) is 2.63. The number of nitrogens with two attached hydrogens (primary N) is 2. The Labute approximate surface area is 298 Å². The van der Waals surface area contributed by atoms with Gasteiger partial charge in [0.05, 0.1) is 0 Å².